The standard InChI is InChI=1S/C14H26N2O3/c1-4-7-14(8-9-15-11-14)13(18)16(2)10-5-6-12(17)19-3/h15H,4-11H2,1-3H3. The molecule has 110 valence electrons. The molecule has 0 aromatic carbocycles. The van der Waals surface area contributed by atoms with E-state index in [0.29, 0.717) is 19.4 Å². The molecule has 1 heterocycles. The lowest BCUT2D eigenvalue weighted by atomic mass is 9.81. The second-order valence-electron chi connectivity index (χ2n) is 5.36. The zero-order chi connectivity index (χ0) is 14.3. The lowest BCUT2D eigenvalue weighted by molar-refractivity contribution is -0.143. The number of nitrogens with one attached hydrogen (secondary N) is 1. The maximum atomic E-state index is 12.6. The normalized spacial score (nSPS) is 22.3. The summed E-state index contributed by atoms with van der Waals surface area (Å²) in [6.07, 6.45) is 3.89. The van der Waals surface area contributed by atoms with Gasteiger partial charge < -0.3 is 15.0 Å². The highest BCUT2D eigenvalue weighted by Gasteiger charge is 2.41. The molecule has 5 heteroatoms. The first kappa shape index (κ1) is 16.0. The lowest BCUT2D eigenvalue weighted by Gasteiger charge is -2.31. The molecule has 0 aromatic rings. The summed E-state index contributed by atoms with van der Waals surface area (Å²) >= 11 is 0. The van der Waals surface area contributed by atoms with E-state index in [2.05, 4.69) is 17.0 Å². The number of amides is 1. The molecule has 1 aliphatic heterocycles. The lowest BCUT2D eigenvalue weighted by Crippen LogP contribution is -2.44. The Morgan fingerprint density at radius 1 is 1.42 bits per heavy atom. The Balaban J connectivity index is 2.47. The third kappa shape index (κ3) is 4.20. The van der Waals surface area contributed by atoms with Crippen LogP contribution in [0.5, 0.6) is 0 Å². The minimum absolute atomic E-state index is 0.212. The van der Waals surface area contributed by atoms with Gasteiger partial charge in [0.2, 0.25) is 5.91 Å². The van der Waals surface area contributed by atoms with Crippen LogP contribution in [0, 0.1) is 5.41 Å². The van der Waals surface area contributed by atoms with Crippen LogP contribution in [-0.4, -0.2) is 50.6 Å². The number of ether oxygens (including phenoxy) is 1. The van der Waals surface area contributed by atoms with Crippen molar-refractivity contribution in [2.24, 2.45) is 5.41 Å². The molecule has 0 radical (unpaired) electrons. The van der Waals surface area contributed by atoms with Crippen molar-refractivity contribution in [3.05, 3.63) is 0 Å². The summed E-state index contributed by atoms with van der Waals surface area (Å²) in [5, 5.41) is 3.30. The molecule has 0 aliphatic carbocycles. The van der Waals surface area contributed by atoms with Crippen LogP contribution in [0.25, 0.3) is 0 Å². The van der Waals surface area contributed by atoms with Crippen molar-refractivity contribution < 1.29 is 14.3 Å². The van der Waals surface area contributed by atoms with E-state index in [-0.39, 0.29) is 17.3 Å². The van der Waals surface area contributed by atoms with E-state index in [1.807, 2.05) is 7.05 Å². The van der Waals surface area contributed by atoms with Gasteiger partial charge in [-0.1, -0.05) is 13.3 Å². The number of carbonyl (C=O) groups is 2. The van der Waals surface area contributed by atoms with Crippen LogP contribution >= 0.6 is 0 Å². The predicted octanol–water partition coefficient (Wildman–Crippen LogP) is 1.18. The fourth-order valence-electron chi connectivity index (χ4n) is 2.79. The molecule has 1 N–H and O–H groups in total. The van der Waals surface area contributed by atoms with Gasteiger partial charge in [-0.05, 0) is 25.8 Å². The van der Waals surface area contributed by atoms with Gasteiger partial charge in [0.25, 0.3) is 0 Å². The molecule has 1 rings (SSSR count). The molecule has 5 nitrogen and oxygen atoms in total. The van der Waals surface area contributed by atoms with Gasteiger partial charge >= 0.3 is 5.97 Å². The quantitative estimate of drug-likeness (QED) is 0.706. The molecule has 1 fully saturated rings. The maximum Gasteiger partial charge on any atom is 0.305 e. The average molecular weight is 270 g/mol. The molecule has 0 bridgehead atoms. The van der Waals surface area contributed by atoms with E-state index in [1.54, 1.807) is 4.90 Å². The number of nitrogens with zero attached hydrogens (tertiary/aromatic N) is 1. The minimum atomic E-state index is -0.227. The molecule has 19 heavy (non-hydrogen) atoms. The number of carbonyl (C=O) groups excluding carboxylic acids is 2. The van der Waals surface area contributed by atoms with Crippen molar-refractivity contribution in [3.8, 4) is 0 Å². The average Bonchev–Trinajstić information content (AvgIpc) is 2.87. The molecule has 1 aliphatic rings. The van der Waals surface area contributed by atoms with Crippen molar-refractivity contribution in [1.29, 1.82) is 0 Å². The predicted molar refractivity (Wildman–Crippen MR) is 73.7 cm³/mol. The Labute approximate surface area is 115 Å². The third-order valence-corrected chi connectivity index (χ3v) is 3.87. The fourth-order valence-corrected chi connectivity index (χ4v) is 2.79. The Bertz CT molecular complexity index is 312. The molecular formula is C14H26N2O3. The van der Waals surface area contributed by atoms with E-state index in [9.17, 15) is 9.59 Å². The summed E-state index contributed by atoms with van der Waals surface area (Å²) in [4.78, 5) is 25.4. The van der Waals surface area contributed by atoms with Crippen LogP contribution in [0.4, 0.5) is 0 Å². The highest BCUT2D eigenvalue weighted by Crippen LogP contribution is 2.33. The van der Waals surface area contributed by atoms with E-state index < -0.39 is 0 Å². The largest absolute Gasteiger partial charge is 0.469 e. The van der Waals surface area contributed by atoms with Gasteiger partial charge in [-0.2, -0.15) is 0 Å². The molecule has 1 saturated heterocycles. The molecule has 1 unspecified atom stereocenters. The number of rotatable bonds is 7. The van der Waals surface area contributed by atoms with Crippen LogP contribution in [0.1, 0.15) is 39.0 Å². The zero-order valence-electron chi connectivity index (χ0n) is 12.3. The van der Waals surface area contributed by atoms with Crippen molar-refractivity contribution in [3.63, 3.8) is 0 Å². The first-order valence-electron chi connectivity index (χ1n) is 7.09. The minimum Gasteiger partial charge on any atom is -0.469 e. The second kappa shape index (κ2) is 7.48. The first-order chi connectivity index (χ1) is 9.05. The van der Waals surface area contributed by atoms with Crippen LogP contribution in [-0.2, 0) is 14.3 Å². The zero-order valence-corrected chi connectivity index (χ0v) is 12.3. The van der Waals surface area contributed by atoms with Gasteiger partial charge in [0.1, 0.15) is 0 Å². The van der Waals surface area contributed by atoms with Gasteiger partial charge in [-0.3, -0.25) is 9.59 Å². The van der Waals surface area contributed by atoms with E-state index in [0.717, 1.165) is 32.4 Å². The molecule has 1 atom stereocenters. The summed E-state index contributed by atoms with van der Waals surface area (Å²) < 4.78 is 4.60. The van der Waals surface area contributed by atoms with Crippen LogP contribution < -0.4 is 5.32 Å². The molecular weight excluding hydrogens is 244 g/mol. The summed E-state index contributed by atoms with van der Waals surface area (Å²) in [7, 11) is 3.22. The van der Waals surface area contributed by atoms with Gasteiger partial charge in [0.05, 0.1) is 12.5 Å². The van der Waals surface area contributed by atoms with Crippen molar-refractivity contribution >= 4 is 11.9 Å². The van der Waals surface area contributed by atoms with Crippen molar-refractivity contribution in [1.82, 2.24) is 10.2 Å². The number of esters is 1. The Morgan fingerprint density at radius 3 is 2.68 bits per heavy atom. The first-order valence-corrected chi connectivity index (χ1v) is 7.09. The van der Waals surface area contributed by atoms with Gasteiger partial charge in [0, 0.05) is 26.6 Å². The molecule has 0 saturated carbocycles. The second-order valence-corrected chi connectivity index (χ2v) is 5.36. The van der Waals surface area contributed by atoms with Crippen molar-refractivity contribution in [2.75, 3.05) is 33.8 Å². The maximum absolute atomic E-state index is 12.6. The SMILES string of the molecule is CCCC1(C(=O)N(C)CCCC(=O)OC)CCNC1. The Kier molecular flexibility index (Phi) is 6.28. The number of hydrogen-bond donors (Lipinski definition) is 1. The molecule has 0 spiro atoms. The number of methoxy groups -OCH3 is 1. The van der Waals surface area contributed by atoms with Crippen LogP contribution in [0.3, 0.4) is 0 Å². The van der Waals surface area contributed by atoms with Gasteiger partial charge in [-0.25, -0.2) is 0 Å². The third-order valence-electron chi connectivity index (χ3n) is 3.87. The Hall–Kier alpha value is -1.10. The van der Waals surface area contributed by atoms with E-state index >= 15 is 0 Å². The van der Waals surface area contributed by atoms with E-state index in [4.69, 9.17) is 0 Å². The summed E-state index contributed by atoms with van der Waals surface area (Å²) in [6, 6.07) is 0. The van der Waals surface area contributed by atoms with Crippen molar-refractivity contribution in [2.45, 2.75) is 39.0 Å². The van der Waals surface area contributed by atoms with Crippen LogP contribution in [0.2, 0.25) is 0 Å². The van der Waals surface area contributed by atoms with E-state index in [1.165, 1.54) is 7.11 Å². The topological polar surface area (TPSA) is 58.6 Å². The number of hydrogen-bond acceptors (Lipinski definition) is 4. The monoisotopic (exact) mass is 270 g/mol. The smallest absolute Gasteiger partial charge is 0.305 e. The fraction of sp³-hybridized carbons (Fsp3) is 0.857. The van der Waals surface area contributed by atoms with Crippen LogP contribution in [0.15, 0.2) is 0 Å². The summed E-state index contributed by atoms with van der Waals surface area (Å²) in [6.45, 7) is 4.42. The highest BCUT2D eigenvalue weighted by atomic mass is 16.5. The summed E-state index contributed by atoms with van der Waals surface area (Å²) in [5.41, 5.74) is -0.227. The molecule has 1 amide bonds. The highest BCUT2D eigenvalue weighted by molar-refractivity contribution is 5.83. The van der Waals surface area contributed by atoms with Gasteiger partial charge in [-0.15, -0.1) is 0 Å². The summed E-state index contributed by atoms with van der Waals surface area (Å²) in [5.74, 6) is -0.00382. The van der Waals surface area contributed by atoms with Gasteiger partial charge in [0.15, 0.2) is 0 Å². The Morgan fingerprint density at radius 2 is 2.16 bits per heavy atom. The molecule has 0 aromatic heterocycles.